The second kappa shape index (κ2) is 6.73. The molecular weight excluding hydrogens is 236 g/mol. The number of carboxylic acids is 1. The van der Waals surface area contributed by atoms with E-state index < -0.39 is 5.97 Å². The lowest BCUT2D eigenvalue weighted by Crippen LogP contribution is -2.40. The molecule has 0 aliphatic heterocycles. The summed E-state index contributed by atoms with van der Waals surface area (Å²) in [4.78, 5) is 28.0. The van der Waals surface area contributed by atoms with Crippen molar-refractivity contribution in [2.75, 3.05) is 6.54 Å². The van der Waals surface area contributed by atoms with Crippen LogP contribution in [0.1, 0.15) is 26.7 Å². The number of hydrogen-bond acceptors (Lipinski definition) is 4. The molecule has 0 spiro atoms. The predicted octanol–water partition coefficient (Wildman–Crippen LogP) is 0.380. The highest BCUT2D eigenvalue weighted by atomic mass is 16.4. The zero-order valence-electron chi connectivity index (χ0n) is 10.6. The Morgan fingerprint density at radius 3 is 2.72 bits per heavy atom. The number of carboxylic acid groups (broad SMARTS) is 1. The van der Waals surface area contributed by atoms with Crippen molar-refractivity contribution in [2.45, 2.75) is 39.3 Å². The van der Waals surface area contributed by atoms with Crippen LogP contribution in [0.3, 0.4) is 0 Å². The standard InChI is InChI=1S/C11H18N4O3/c1-3-15(9(2)6-11(17)18)10(16)4-5-14-8-12-7-13-14/h7-9H,3-6H2,1-2H3,(H,17,18). The highest BCUT2D eigenvalue weighted by Gasteiger charge is 2.20. The molecular formula is C11H18N4O3. The van der Waals surface area contributed by atoms with Crippen LogP contribution in [0.4, 0.5) is 0 Å². The van der Waals surface area contributed by atoms with Crippen LogP contribution >= 0.6 is 0 Å². The Kier molecular flexibility index (Phi) is 5.29. The molecule has 18 heavy (non-hydrogen) atoms. The Morgan fingerprint density at radius 2 is 2.22 bits per heavy atom. The fourth-order valence-corrected chi connectivity index (χ4v) is 1.80. The van der Waals surface area contributed by atoms with Gasteiger partial charge in [-0.3, -0.25) is 14.3 Å². The Morgan fingerprint density at radius 1 is 1.50 bits per heavy atom. The van der Waals surface area contributed by atoms with Gasteiger partial charge in [0.15, 0.2) is 0 Å². The first-order chi connectivity index (χ1) is 8.54. The summed E-state index contributed by atoms with van der Waals surface area (Å²) in [5.41, 5.74) is 0. The molecule has 100 valence electrons. The van der Waals surface area contributed by atoms with E-state index in [-0.39, 0.29) is 18.4 Å². The molecule has 1 atom stereocenters. The smallest absolute Gasteiger partial charge is 0.305 e. The molecule has 0 aliphatic carbocycles. The fraction of sp³-hybridized carbons (Fsp3) is 0.636. The van der Waals surface area contributed by atoms with E-state index in [0.29, 0.717) is 19.5 Å². The molecule has 0 radical (unpaired) electrons. The number of rotatable bonds is 7. The number of aryl methyl sites for hydroxylation is 1. The van der Waals surface area contributed by atoms with Gasteiger partial charge in [0.25, 0.3) is 0 Å². The molecule has 1 unspecified atom stereocenters. The van der Waals surface area contributed by atoms with Crippen molar-refractivity contribution < 1.29 is 14.7 Å². The Hall–Kier alpha value is -1.92. The number of amides is 1. The lowest BCUT2D eigenvalue weighted by Gasteiger charge is -2.27. The van der Waals surface area contributed by atoms with E-state index in [4.69, 9.17) is 5.11 Å². The van der Waals surface area contributed by atoms with Crippen LogP contribution in [0.15, 0.2) is 12.7 Å². The monoisotopic (exact) mass is 254 g/mol. The van der Waals surface area contributed by atoms with E-state index in [1.807, 2.05) is 6.92 Å². The molecule has 0 aromatic carbocycles. The Labute approximate surface area is 105 Å². The minimum atomic E-state index is -0.898. The summed E-state index contributed by atoms with van der Waals surface area (Å²) in [6.07, 6.45) is 3.21. The molecule has 0 bridgehead atoms. The number of carbonyl (C=O) groups excluding carboxylic acids is 1. The van der Waals surface area contributed by atoms with E-state index in [0.717, 1.165) is 0 Å². The highest BCUT2D eigenvalue weighted by Crippen LogP contribution is 2.06. The first kappa shape index (κ1) is 14.1. The van der Waals surface area contributed by atoms with E-state index in [1.54, 1.807) is 22.8 Å². The van der Waals surface area contributed by atoms with Crippen LogP contribution in [0, 0.1) is 0 Å². The van der Waals surface area contributed by atoms with E-state index in [9.17, 15) is 9.59 Å². The van der Waals surface area contributed by atoms with Crippen molar-refractivity contribution in [3.63, 3.8) is 0 Å². The van der Waals surface area contributed by atoms with Crippen LogP contribution < -0.4 is 0 Å². The summed E-state index contributed by atoms with van der Waals surface area (Å²) < 4.78 is 1.58. The van der Waals surface area contributed by atoms with Gasteiger partial charge in [-0.25, -0.2) is 4.98 Å². The van der Waals surface area contributed by atoms with Gasteiger partial charge in [-0.05, 0) is 13.8 Å². The average molecular weight is 254 g/mol. The third kappa shape index (κ3) is 4.15. The normalized spacial score (nSPS) is 12.1. The van der Waals surface area contributed by atoms with E-state index >= 15 is 0 Å². The summed E-state index contributed by atoms with van der Waals surface area (Å²) in [5.74, 6) is -0.966. The van der Waals surface area contributed by atoms with Gasteiger partial charge in [0.2, 0.25) is 5.91 Å². The lowest BCUT2D eigenvalue weighted by molar-refractivity contribution is -0.140. The largest absolute Gasteiger partial charge is 0.481 e. The van der Waals surface area contributed by atoms with Crippen molar-refractivity contribution in [2.24, 2.45) is 0 Å². The van der Waals surface area contributed by atoms with Crippen LogP contribution in [-0.2, 0) is 16.1 Å². The molecule has 0 saturated heterocycles. The van der Waals surface area contributed by atoms with Gasteiger partial charge in [0.05, 0.1) is 13.0 Å². The van der Waals surface area contributed by atoms with Gasteiger partial charge in [-0.1, -0.05) is 0 Å². The maximum Gasteiger partial charge on any atom is 0.305 e. The number of hydrogen-bond donors (Lipinski definition) is 1. The SMILES string of the molecule is CCN(C(=O)CCn1cncn1)C(C)CC(=O)O. The van der Waals surface area contributed by atoms with Crippen LogP contribution in [0.2, 0.25) is 0 Å². The Balaban J connectivity index is 2.48. The molecule has 7 nitrogen and oxygen atoms in total. The molecule has 1 rings (SSSR count). The first-order valence-corrected chi connectivity index (χ1v) is 5.88. The second-order valence-corrected chi connectivity index (χ2v) is 4.04. The predicted molar refractivity (Wildman–Crippen MR) is 63.7 cm³/mol. The van der Waals surface area contributed by atoms with Gasteiger partial charge in [0.1, 0.15) is 12.7 Å². The van der Waals surface area contributed by atoms with Crippen molar-refractivity contribution in [1.29, 1.82) is 0 Å². The average Bonchev–Trinajstić information content (AvgIpc) is 2.79. The lowest BCUT2D eigenvalue weighted by atomic mass is 10.2. The molecule has 0 aliphatic rings. The van der Waals surface area contributed by atoms with Gasteiger partial charge in [-0.2, -0.15) is 5.10 Å². The zero-order valence-corrected chi connectivity index (χ0v) is 10.6. The van der Waals surface area contributed by atoms with Gasteiger partial charge in [0, 0.05) is 19.0 Å². The summed E-state index contributed by atoms with van der Waals surface area (Å²) in [6.45, 7) is 4.54. The molecule has 0 fully saturated rings. The summed E-state index contributed by atoms with van der Waals surface area (Å²) >= 11 is 0. The first-order valence-electron chi connectivity index (χ1n) is 5.88. The maximum atomic E-state index is 12.0. The summed E-state index contributed by atoms with van der Waals surface area (Å²) in [5, 5.41) is 12.6. The molecule has 1 aromatic rings. The van der Waals surface area contributed by atoms with Crippen molar-refractivity contribution in [3.05, 3.63) is 12.7 Å². The van der Waals surface area contributed by atoms with Crippen molar-refractivity contribution in [1.82, 2.24) is 19.7 Å². The van der Waals surface area contributed by atoms with E-state index in [2.05, 4.69) is 10.1 Å². The third-order valence-electron chi connectivity index (χ3n) is 2.68. The quantitative estimate of drug-likeness (QED) is 0.760. The van der Waals surface area contributed by atoms with Crippen LogP contribution in [0.5, 0.6) is 0 Å². The number of aromatic nitrogens is 3. The number of aliphatic carboxylic acids is 1. The molecule has 1 amide bonds. The second-order valence-electron chi connectivity index (χ2n) is 4.04. The molecule has 0 saturated carbocycles. The topological polar surface area (TPSA) is 88.3 Å². The highest BCUT2D eigenvalue weighted by molar-refractivity contribution is 5.77. The van der Waals surface area contributed by atoms with Crippen LogP contribution in [-0.4, -0.2) is 49.2 Å². The minimum Gasteiger partial charge on any atom is -0.481 e. The maximum absolute atomic E-state index is 12.0. The Bertz CT molecular complexity index is 391. The van der Waals surface area contributed by atoms with E-state index in [1.165, 1.54) is 6.33 Å². The molecule has 1 aromatic heterocycles. The zero-order chi connectivity index (χ0) is 13.5. The number of carbonyl (C=O) groups is 2. The fourth-order valence-electron chi connectivity index (χ4n) is 1.80. The molecule has 7 heteroatoms. The summed E-state index contributed by atoms with van der Waals surface area (Å²) in [6, 6.07) is -0.296. The van der Waals surface area contributed by atoms with Crippen molar-refractivity contribution >= 4 is 11.9 Å². The summed E-state index contributed by atoms with van der Waals surface area (Å²) in [7, 11) is 0. The van der Waals surface area contributed by atoms with Gasteiger partial charge in [-0.15, -0.1) is 0 Å². The van der Waals surface area contributed by atoms with Gasteiger partial charge >= 0.3 is 5.97 Å². The molecule has 1 heterocycles. The van der Waals surface area contributed by atoms with Gasteiger partial charge < -0.3 is 10.0 Å². The molecule has 1 N–H and O–H groups in total. The third-order valence-corrected chi connectivity index (χ3v) is 2.68. The van der Waals surface area contributed by atoms with Crippen molar-refractivity contribution in [3.8, 4) is 0 Å². The number of nitrogens with zero attached hydrogens (tertiary/aromatic N) is 4. The minimum absolute atomic E-state index is 0.0388. The van der Waals surface area contributed by atoms with Crippen LogP contribution in [0.25, 0.3) is 0 Å².